The van der Waals surface area contributed by atoms with Gasteiger partial charge in [-0.25, -0.2) is 0 Å². The number of hydrogen-bond acceptors (Lipinski definition) is 2. The molecule has 102 valence electrons. The molecule has 20 heavy (non-hydrogen) atoms. The van der Waals surface area contributed by atoms with Gasteiger partial charge in [0, 0.05) is 12.6 Å². The lowest BCUT2D eigenvalue weighted by Crippen LogP contribution is -2.18. The fourth-order valence-corrected chi connectivity index (χ4v) is 2.23. The molecule has 0 aliphatic heterocycles. The highest BCUT2D eigenvalue weighted by Crippen LogP contribution is 2.25. The summed E-state index contributed by atoms with van der Waals surface area (Å²) in [5.41, 5.74) is 2.83. The van der Waals surface area contributed by atoms with Crippen molar-refractivity contribution in [2.24, 2.45) is 0 Å². The largest absolute Gasteiger partial charge is 0.306 e. The van der Waals surface area contributed by atoms with E-state index in [1.807, 2.05) is 30.3 Å². The molecule has 0 saturated carbocycles. The van der Waals surface area contributed by atoms with Crippen LogP contribution in [0.25, 0.3) is 0 Å². The van der Waals surface area contributed by atoms with Gasteiger partial charge in [0.1, 0.15) is 0 Å². The Bertz CT molecular complexity index is 647. The molecular weight excluding hydrogens is 291 g/mol. The molecule has 0 spiro atoms. The van der Waals surface area contributed by atoms with Crippen molar-refractivity contribution in [1.29, 1.82) is 5.26 Å². The van der Waals surface area contributed by atoms with Gasteiger partial charge in [0.15, 0.2) is 0 Å². The van der Waals surface area contributed by atoms with Crippen LogP contribution in [-0.2, 0) is 6.54 Å². The average Bonchev–Trinajstić information content (AvgIpc) is 2.47. The third-order valence-electron chi connectivity index (χ3n) is 3.11. The van der Waals surface area contributed by atoms with E-state index in [2.05, 4.69) is 18.3 Å². The quantitative estimate of drug-likeness (QED) is 0.887. The van der Waals surface area contributed by atoms with Gasteiger partial charge in [-0.15, -0.1) is 0 Å². The summed E-state index contributed by atoms with van der Waals surface area (Å²) < 4.78 is 0. The second kappa shape index (κ2) is 6.76. The van der Waals surface area contributed by atoms with E-state index in [4.69, 9.17) is 28.5 Å². The first-order chi connectivity index (χ1) is 9.60. The third kappa shape index (κ3) is 3.74. The Morgan fingerprint density at radius 2 is 1.95 bits per heavy atom. The number of hydrogen-bond donors (Lipinski definition) is 1. The first-order valence-corrected chi connectivity index (χ1v) is 7.03. The first-order valence-electron chi connectivity index (χ1n) is 6.27. The van der Waals surface area contributed by atoms with Gasteiger partial charge in [-0.3, -0.25) is 0 Å². The molecule has 2 nitrogen and oxygen atoms in total. The number of nitriles is 1. The molecule has 0 bridgehead atoms. The van der Waals surface area contributed by atoms with Crippen LogP contribution in [0.15, 0.2) is 42.5 Å². The van der Waals surface area contributed by atoms with Crippen molar-refractivity contribution < 1.29 is 0 Å². The van der Waals surface area contributed by atoms with Crippen molar-refractivity contribution in [1.82, 2.24) is 5.32 Å². The van der Waals surface area contributed by atoms with Gasteiger partial charge >= 0.3 is 0 Å². The van der Waals surface area contributed by atoms with Gasteiger partial charge < -0.3 is 5.32 Å². The lowest BCUT2D eigenvalue weighted by molar-refractivity contribution is 0.575. The number of nitrogens with one attached hydrogen (secondary N) is 1. The molecule has 0 aliphatic carbocycles. The van der Waals surface area contributed by atoms with Gasteiger partial charge in [0.2, 0.25) is 0 Å². The predicted molar refractivity (Wildman–Crippen MR) is 82.9 cm³/mol. The maximum atomic E-state index is 8.88. The van der Waals surface area contributed by atoms with E-state index < -0.39 is 0 Å². The number of benzene rings is 2. The summed E-state index contributed by atoms with van der Waals surface area (Å²) in [7, 11) is 0. The van der Waals surface area contributed by atoms with E-state index in [0.29, 0.717) is 22.2 Å². The number of nitrogens with zero attached hydrogens (tertiary/aromatic N) is 1. The molecule has 2 rings (SSSR count). The maximum Gasteiger partial charge on any atom is 0.0991 e. The smallest absolute Gasteiger partial charge is 0.0991 e. The van der Waals surface area contributed by atoms with Crippen LogP contribution in [0.5, 0.6) is 0 Å². The van der Waals surface area contributed by atoms with Crippen molar-refractivity contribution in [2.75, 3.05) is 0 Å². The van der Waals surface area contributed by atoms with Crippen LogP contribution in [-0.4, -0.2) is 0 Å². The van der Waals surface area contributed by atoms with Crippen molar-refractivity contribution in [3.63, 3.8) is 0 Å². The predicted octanol–water partition coefficient (Wildman–Crippen LogP) is 4.72. The van der Waals surface area contributed by atoms with E-state index in [0.717, 1.165) is 11.1 Å². The van der Waals surface area contributed by atoms with E-state index in [1.165, 1.54) is 0 Å². The topological polar surface area (TPSA) is 35.8 Å². The standard InChI is InChI=1S/C16H14Cl2N2/c1-11(14-5-6-15(17)16(18)8-14)20-10-13-4-2-3-12(7-13)9-19/h2-8,11,20H,10H2,1H3/t11-/m1/s1. The van der Waals surface area contributed by atoms with Gasteiger partial charge in [-0.05, 0) is 42.3 Å². The van der Waals surface area contributed by atoms with E-state index >= 15 is 0 Å². The molecule has 0 unspecified atom stereocenters. The zero-order chi connectivity index (χ0) is 14.5. The maximum absolute atomic E-state index is 8.88. The Morgan fingerprint density at radius 3 is 2.65 bits per heavy atom. The summed E-state index contributed by atoms with van der Waals surface area (Å²) in [4.78, 5) is 0. The molecule has 2 aromatic rings. The summed E-state index contributed by atoms with van der Waals surface area (Å²) >= 11 is 11.9. The Balaban J connectivity index is 2.02. The first kappa shape index (κ1) is 14.9. The van der Waals surface area contributed by atoms with Gasteiger partial charge in [-0.1, -0.05) is 41.4 Å². The molecule has 0 heterocycles. The third-order valence-corrected chi connectivity index (χ3v) is 3.85. The minimum Gasteiger partial charge on any atom is -0.306 e. The zero-order valence-corrected chi connectivity index (χ0v) is 12.5. The average molecular weight is 305 g/mol. The van der Waals surface area contributed by atoms with E-state index in [-0.39, 0.29) is 6.04 Å². The second-order valence-electron chi connectivity index (χ2n) is 4.59. The lowest BCUT2D eigenvalue weighted by Gasteiger charge is -2.15. The number of rotatable bonds is 4. The van der Waals surface area contributed by atoms with Crippen LogP contribution in [0.4, 0.5) is 0 Å². The van der Waals surface area contributed by atoms with E-state index in [1.54, 1.807) is 12.1 Å². The molecule has 4 heteroatoms. The summed E-state index contributed by atoms with van der Waals surface area (Å²) in [6.45, 7) is 2.75. The highest BCUT2D eigenvalue weighted by atomic mass is 35.5. The summed E-state index contributed by atoms with van der Waals surface area (Å²) in [5, 5.41) is 13.4. The van der Waals surface area contributed by atoms with Gasteiger partial charge in [0.05, 0.1) is 21.7 Å². The van der Waals surface area contributed by atoms with Crippen LogP contribution >= 0.6 is 23.2 Å². The fourth-order valence-electron chi connectivity index (χ4n) is 1.92. The second-order valence-corrected chi connectivity index (χ2v) is 5.40. The molecule has 0 aromatic heterocycles. The van der Waals surface area contributed by atoms with Crippen LogP contribution in [0.1, 0.15) is 29.7 Å². The van der Waals surface area contributed by atoms with Gasteiger partial charge in [0.25, 0.3) is 0 Å². The van der Waals surface area contributed by atoms with Crippen LogP contribution in [0.2, 0.25) is 10.0 Å². The monoisotopic (exact) mass is 304 g/mol. The molecule has 0 saturated heterocycles. The van der Waals surface area contributed by atoms with Crippen molar-refractivity contribution in [3.05, 3.63) is 69.2 Å². The SMILES string of the molecule is C[C@@H](NCc1cccc(C#N)c1)c1ccc(Cl)c(Cl)c1. The minimum absolute atomic E-state index is 0.149. The highest BCUT2D eigenvalue weighted by Gasteiger charge is 2.07. The molecular formula is C16H14Cl2N2. The normalized spacial score (nSPS) is 11.9. The van der Waals surface area contributed by atoms with E-state index in [9.17, 15) is 0 Å². The summed E-state index contributed by atoms with van der Waals surface area (Å²) in [6, 6.07) is 15.5. The Labute approximate surface area is 128 Å². The minimum atomic E-state index is 0.149. The van der Waals surface area contributed by atoms with Crippen molar-refractivity contribution in [3.8, 4) is 6.07 Å². The highest BCUT2D eigenvalue weighted by molar-refractivity contribution is 6.42. The van der Waals surface area contributed by atoms with Crippen molar-refractivity contribution in [2.45, 2.75) is 19.5 Å². The molecule has 2 aromatic carbocycles. The molecule has 0 radical (unpaired) electrons. The van der Waals surface area contributed by atoms with Crippen LogP contribution < -0.4 is 5.32 Å². The van der Waals surface area contributed by atoms with Crippen LogP contribution in [0.3, 0.4) is 0 Å². The fraction of sp³-hybridized carbons (Fsp3) is 0.188. The van der Waals surface area contributed by atoms with Gasteiger partial charge in [-0.2, -0.15) is 5.26 Å². The van der Waals surface area contributed by atoms with Crippen LogP contribution in [0, 0.1) is 11.3 Å². The summed E-state index contributed by atoms with van der Waals surface area (Å²) in [6.07, 6.45) is 0. The zero-order valence-electron chi connectivity index (χ0n) is 11.0. The molecule has 0 aliphatic rings. The summed E-state index contributed by atoms with van der Waals surface area (Å²) in [5.74, 6) is 0. The number of halogens is 2. The Kier molecular flexibility index (Phi) is 5.03. The molecule has 0 fully saturated rings. The molecule has 1 N–H and O–H groups in total. The van der Waals surface area contributed by atoms with Crippen molar-refractivity contribution >= 4 is 23.2 Å². The Morgan fingerprint density at radius 1 is 1.15 bits per heavy atom. The lowest BCUT2D eigenvalue weighted by atomic mass is 10.1. The molecule has 1 atom stereocenters. The Hall–Kier alpha value is -1.53. The molecule has 0 amide bonds.